The fraction of sp³-hybridized carbons (Fsp3) is 0.364. The molecule has 68 valence electrons. The van der Waals surface area contributed by atoms with Crippen LogP contribution in [0.25, 0.3) is 0 Å². The summed E-state index contributed by atoms with van der Waals surface area (Å²) in [6, 6.07) is 7.72. The van der Waals surface area contributed by atoms with Crippen molar-refractivity contribution in [2.75, 3.05) is 0 Å². The molecule has 2 heteroatoms. The molecule has 0 bridgehead atoms. The number of nitrogens with two attached hydrogens (primary N) is 1. The van der Waals surface area contributed by atoms with Crippen molar-refractivity contribution in [1.82, 2.24) is 0 Å². The number of carbonyl (C=O) groups excluding carboxylic acids is 1. The standard InChI is InChI=1S/C11H13NO/c1-11(12)7-6-8-4-2-3-5-9(8)10(11)13/h2-5H,6-7,12H2,1H3/t11-/m1/s1. The van der Waals surface area contributed by atoms with E-state index < -0.39 is 5.54 Å². The Labute approximate surface area is 77.8 Å². The molecule has 0 saturated heterocycles. The monoisotopic (exact) mass is 175 g/mol. The number of carbonyl (C=O) groups is 1. The van der Waals surface area contributed by atoms with Crippen LogP contribution >= 0.6 is 0 Å². The second-order valence-electron chi connectivity index (χ2n) is 3.90. The molecule has 1 aliphatic rings. The summed E-state index contributed by atoms with van der Waals surface area (Å²) in [5.74, 6) is 0.0781. The lowest BCUT2D eigenvalue weighted by molar-refractivity contribution is 0.0882. The van der Waals surface area contributed by atoms with Crippen molar-refractivity contribution in [3.8, 4) is 0 Å². The Morgan fingerprint density at radius 1 is 1.38 bits per heavy atom. The molecule has 0 amide bonds. The van der Waals surface area contributed by atoms with Gasteiger partial charge in [-0.15, -0.1) is 0 Å². The molecule has 13 heavy (non-hydrogen) atoms. The Morgan fingerprint density at radius 2 is 2.08 bits per heavy atom. The highest BCUT2D eigenvalue weighted by Crippen LogP contribution is 2.26. The zero-order valence-electron chi connectivity index (χ0n) is 7.71. The van der Waals surface area contributed by atoms with Crippen LogP contribution < -0.4 is 5.73 Å². The summed E-state index contributed by atoms with van der Waals surface area (Å²) in [7, 11) is 0. The van der Waals surface area contributed by atoms with Crippen LogP contribution in [-0.4, -0.2) is 11.3 Å². The number of rotatable bonds is 0. The molecule has 0 fully saturated rings. The number of hydrogen-bond donors (Lipinski definition) is 1. The zero-order chi connectivity index (χ0) is 9.47. The van der Waals surface area contributed by atoms with Gasteiger partial charge in [0.25, 0.3) is 0 Å². The van der Waals surface area contributed by atoms with Crippen molar-refractivity contribution in [2.45, 2.75) is 25.3 Å². The van der Waals surface area contributed by atoms with Gasteiger partial charge in [-0.25, -0.2) is 0 Å². The molecule has 2 rings (SSSR count). The van der Waals surface area contributed by atoms with Gasteiger partial charge in [-0.1, -0.05) is 24.3 Å². The van der Waals surface area contributed by atoms with E-state index >= 15 is 0 Å². The highest BCUT2D eigenvalue weighted by molar-refractivity contribution is 6.04. The van der Waals surface area contributed by atoms with Gasteiger partial charge < -0.3 is 5.73 Å². The van der Waals surface area contributed by atoms with Gasteiger partial charge in [-0.3, -0.25) is 4.79 Å². The van der Waals surface area contributed by atoms with Crippen molar-refractivity contribution in [3.63, 3.8) is 0 Å². The molecular weight excluding hydrogens is 162 g/mol. The van der Waals surface area contributed by atoms with Crippen molar-refractivity contribution < 1.29 is 4.79 Å². The summed E-state index contributed by atoms with van der Waals surface area (Å²) < 4.78 is 0. The van der Waals surface area contributed by atoms with Crippen LogP contribution in [0.2, 0.25) is 0 Å². The van der Waals surface area contributed by atoms with Gasteiger partial charge >= 0.3 is 0 Å². The highest BCUT2D eigenvalue weighted by Gasteiger charge is 2.34. The highest BCUT2D eigenvalue weighted by atomic mass is 16.1. The largest absolute Gasteiger partial charge is 0.319 e. The van der Waals surface area contributed by atoms with Crippen LogP contribution in [0.1, 0.15) is 29.3 Å². The Morgan fingerprint density at radius 3 is 2.85 bits per heavy atom. The molecule has 0 saturated carbocycles. The molecule has 1 atom stereocenters. The quantitative estimate of drug-likeness (QED) is 0.649. The van der Waals surface area contributed by atoms with Crippen molar-refractivity contribution >= 4 is 5.78 Å². The third-order valence-corrected chi connectivity index (χ3v) is 2.69. The maximum absolute atomic E-state index is 11.8. The molecule has 0 aliphatic heterocycles. The van der Waals surface area contributed by atoms with Gasteiger partial charge in [0.1, 0.15) is 0 Å². The molecule has 0 unspecified atom stereocenters. The topological polar surface area (TPSA) is 43.1 Å². The number of hydrogen-bond acceptors (Lipinski definition) is 2. The van der Waals surface area contributed by atoms with Gasteiger partial charge in [-0.2, -0.15) is 0 Å². The van der Waals surface area contributed by atoms with Crippen molar-refractivity contribution in [2.24, 2.45) is 5.73 Å². The molecule has 0 aromatic heterocycles. The van der Waals surface area contributed by atoms with Gasteiger partial charge in [0.15, 0.2) is 5.78 Å². The fourth-order valence-electron chi connectivity index (χ4n) is 1.78. The average Bonchev–Trinajstić information content (AvgIpc) is 2.13. The first-order valence-corrected chi connectivity index (χ1v) is 4.53. The minimum absolute atomic E-state index is 0.0781. The number of aryl methyl sites for hydroxylation is 1. The number of fused-ring (bicyclic) bond motifs is 1. The molecule has 1 aromatic rings. The average molecular weight is 175 g/mol. The smallest absolute Gasteiger partial charge is 0.182 e. The van der Waals surface area contributed by atoms with Crippen LogP contribution in [0, 0.1) is 0 Å². The SMILES string of the molecule is C[C@@]1(N)CCc2ccccc2C1=O. The lowest BCUT2D eigenvalue weighted by Gasteiger charge is -2.29. The van der Waals surface area contributed by atoms with Crippen LogP contribution in [0.3, 0.4) is 0 Å². The third kappa shape index (κ3) is 1.27. The van der Waals surface area contributed by atoms with Crippen LogP contribution in [-0.2, 0) is 6.42 Å². The Balaban J connectivity index is 2.52. The summed E-state index contributed by atoms with van der Waals surface area (Å²) in [6.07, 6.45) is 1.66. The Kier molecular flexibility index (Phi) is 1.74. The minimum atomic E-state index is -0.658. The normalized spacial score (nSPS) is 27.1. The molecule has 2 N–H and O–H groups in total. The zero-order valence-corrected chi connectivity index (χ0v) is 7.71. The maximum atomic E-state index is 11.8. The lowest BCUT2D eigenvalue weighted by Crippen LogP contribution is -2.47. The molecule has 0 heterocycles. The fourth-order valence-corrected chi connectivity index (χ4v) is 1.78. The Bertz CT molecular complexity index is 355. The van der Waals surface area contributed by atoms with E-state index in [1.807, 2.05) is 31.2 Å². The third-order valence-electron chi connectivity index (χ3n) is 2.69. The van der Waals surface area contributed by atoms with Gasteiger partial charge in [-0.05, 0) is 25.3 Å². The molecular formula is C11H13NO. The van der Waals surface area contributed by atoms with E-state index in [0.29, 0.717) is 0 Å². The van der Waals surface area contributed by atoms with E-state index in [4.69, 9.17) is 5.73 Å². The van der Waals surface area contributed by atoms with Gasteiger partial charge in [0.05, 0.1) is 5.54 Å². The summed E-state index contributed by atoms with van der Waals surface area (Å²) in [6.45, 7) is 1.81. The Hall–Kier alpha value is -1.15. The number of ketones is 1. The molecule has 0 spiro atoms. The summed E-state index contributed by atoms with van der Waals surface area (Å²) in [5.41, 5.74) is 7.17. The first-order valence-electron chi connectivity index (χ1n) is 4.53. The molecule has 2 nitrogen and oxygen atoms in total. The predicted molar refractivity (Wildman–Crippen MR) is 51.7 cm³/mol. The lowest BCUT2D eigenvalue weighted by atomic mass is 9.79. The summed E-state index contributed by atoms with van der Waals surface area (Å²) in [5, 5.41) is 0. The van der Waals surface area contributed by atoms with E-state index in [1.54, 1.807) is 0 Å². The van der Waals surface area contributed by atoms with Crippen LogP contribution in [0.15, 0.2) is 24.3 Å². The second kappa shape index (κ2) is 2.67. The summed E-state index contributed by atoms with van der Waals surface area (Å²) >= 11 is 0. The van der Waals surface area contributed by atoms with Crippen LogP contribution in [0.4, 0.5) is 0 Å². The van der Waals surface area contributed by atoms with Gasteiger partial charge in [0.2, 0.25) is 0 Å². The van der Waals surface area contributed by atoms with E-state index in [1.165, 1.54) is 0 Å². The number of Topliss-reactive ketones (excluding diaryl/α,β-unsaturated/α-hetero) is 1. The maximum Gasteiger partial charge on any atom is 0.182 e. The summed E-state index contributed by atoms with van der Waals surface area (Å²) in [4.78, 5) is 11.8. The molecule has 1 aliphatic carbocycles. The van der Waals surface area contributed by atoms with E-state index in [-0.39, 0.29) is 5.78 Å². The van der Waals surface area contributed by atoms with Crippen LogP contribution in [0.5, 0.6) is 0 Å². The second-order valence-corrected chi connectivity index (χ2v) is 3.90. The van der Waals surface area contributed by atoms with E-state index in [2.05, 4.69) is 0 Å². The first-order chi connectivity index (χ1) is 6.11. The van der Waals surface area contributed by atoms with E-state index in [0.717, 1.165) is 24.0 Å². The molecule has 0 radical (unpaired) electrons. The first kappa shape index (κ1) is 8.45. The van der Waals surface area contributed by atoms with Crippen molar-refractivity contribution in [1.29, 1.82) is 0 Å². The van der Waals surface area contributed by atoms with Crippen molar-refractivity contribution in [3.05, 3.63) is 35.4 Å². The minimum Gasteiger partial charge on any atom is -0.319 e. The number of benzene rings is 1. The predicted octanol–water partition coefficient (Wildman–Crippen LogP) is 1.53. The molecule has 1 aromatic carbocycles. The van der Waals surface area contributed by atoms with E-state index in [9.17, 15) is 4.79 Å². The van der Waals surface area contributed by atoms with Gasteiger partial charge in [0, 0.05) is 5.56 Å².